The molecule has 2 unspecified atom stereocenters. The van der Waals surface area contributed by atoms with E-state index in [0.717, 1.165) is 13.0 Å². The summed E-state index contributed by atoms with van der Waals surface area (Å²) in [5, 5.41) is 6.96. The maximum absolute atomic E-state index is 6.07. The van der Waals surface area contributed by atoms with Crippen LogP contribution in [0.4, 0.5) is 11.8 Å². The van der Waals surface area contributed by atoms with Crippen LogP contribution in [-0.4, -0.2) is 22.6 Å². The maximum Gasteiger partial charge on any atom is 0.224 e. The van der Waals surface area contributed by atoms with E-state index in [0.29, 0.717) is 28.7 Å². The number of aromatic nitrogens is 2. The number of halogens is 1. The predicted octanol–water partition coefficient (Wildman–Crippen LogP) is 3.41. The summed E-state index contributed by atoms with van der Waals surface area (Å²) in [4.78, 5) is 8.46. The molecule has 0 amide bonds. The van der Waals surface area contributed by atoms with Gasteiger partial charge in [0.2, 0.25) is 5.95 Å². The highest BCUT2D eigenvalue weighted by molar-refractivity contribution is 6.32. The van der Waals surface area contributed by atoms with Crippen molar-refractivity contribution in [3.63, 3.8) is 0 Å². The minimum absolute atomic E-state index is 0.335. The number of anilines is 2. The van der Waals surface area contributed by atoms with Gasteiger partial charge < -0.3 is 10.6 Å². The molecule has 0 saturated carbocycles. The van der Waals surface area contributed by atoms with Gasteiger partial charge in [-0.15, -0.1) is 0 Å². The summed E-state index contributed by atoms with van der Waals surface area (Å²) in [5.74, 6) is 1.88. The number of rotatable bonds is 6. The van der Waals surface area contributed by atoms with Crippen LogP contribution >= 0.6 is 11.6 Å². The first-order chi connectivity index (χ1) is 8.08. The first kappa shape index (κ1) is 14.0. The van der Waals surface area contributed by atoms with Gasteiger partial charge >= 0.3 is 0 Å². The Morgan fingerprint density at radius 2 is 2.06 bits per heavy atom. The monoisotopic (exact) mass is 256 g/mol. The second-order valence-corrected chi connectivity index (χ2v) is 4.65. The van der Waals surface area contributed by atoms with E-state index in [1.165, 1.54) is 0 Å². The van der Waals surface area contributed by atoms with Gasteiger partial charge in [0.05, 0.1) is 6.20 Å². The van der Waals surface area contributed by atoms with Gasteiger partial charge in [0.1, 0.15) is 5.02 Å². The van der Waals surface area contributed by atoms with E-state index in [9.17, 15) is 0 Å². The lowest BCUT2D eigenvalue weighted by molar-refractivity contribution is 0.493. The molecule has 4 nitrogen and oxygen atoms in total. The van der Waals surface area contributed by atoms with E-state index in [-0.39, 0.29) is 0 Å². The largest absolute Gasteiger partial charge is 0.366 e. The van der Waals surface area contributed by atoms with Gasteiger partial charge in [0.15, 0.2) is 5.82 Å². The Balaban J connectivity index is 2.78. The van der Waals surface area contributed by atoms with Crippen LogP contribution in [0.2, 0.25) is 5.02 Å². The average molecular weight is 257 g/mol. The second-order valence-electron chi connectivity index (χ2n) is 4.24. The zero-order chi connectivity index (χ0) is 12.8. The summed E-state index contributed by atoms with van der Waals surface area (Å²) in [7, 11) is 0. The van der Waals surface area contributed by atoms with Crippen LogP contribution in [0.1, 0.15) is 34.1 Å². The first-order valence-corrected chi connectivity index (χ1v) is 6.49. The van der Waals surface area contributed by atoms with Crippen LogP contribution in [0.15, 0.2) is 6.20 Å². The smallest absolute Gasteiger partial charge is 0.224 e. The van der Waals surface area contributed by atoms with Gasteiger partial charge in [0, 0.05) is 12.6 Å². The van der Waals surface area contributed by atoms with Crippen molar-refractivity contribution in [3.05, 3.63) is 11.2 Å². The van der Waals surface area contributed by atoms with Crippen LogP contribution in [-0.2, 0) is 0 Å². The van der Waals surface area contributed by atoms with Crippen molar-refractivity contribution in [1.29, 1.82) is 0 Å². The van der Waals surface area contributed by atoms with Crippen molar-refractivity contribution in [2.45, 2.75) is 40.2 Å². The average Bonchev–Trinajstić information content (AvgIpc) is 2.32. The van der Waals surface area contributed by atoms with Crippen LogP contribution in [0, 0.1) is 5.92 Å². The van der Waals surface area contributed by atoms with Crippen LogP contribution in [0.3, 0.4) is 0 Å². The molecule has 0 bridgehead atoms. The molecule has 17 heavy (non-hydrogen) atoms. The molecule has 1 heterocycles. The molecule has 0 spiro atoms. The third-order valence-electron chi connectivity index (χ3n) is 2.94. The SMILES string of the molecule is CCNc1ncc(Cl)c(NC(C)C(C)CC)n1. The third kappa shape index (κ3) is 4.04. The molecule has 2 atom stereocenters. The Hall–Kier alpha value is -1.03. The molecule has 0 radical (unpaired) electrons. The summed E-state index contributed by atoms with van der Waals surface area (Å²) in [6.45, 7) is 9.32. The van der Waals surface area contributed by atoms with Crippen molar-refractivity contribution < 1.29 is 0 Å². The highest BCUT2D eigenvalue weighted by Crippen LogP contribution is 2.22. The Kier molecular flexibility index (Phi) is 5.48. The topological polar surface area (TPSA) is 49.8 Å². The minimum Gasteiger partial charge on any atom is -0.366 e. The third-order valence-corrected chi connectivity index (χ3v) is 3.22. The molecule has 1 aromatic rings. The van der Waals surface area contributed by atoms with Crippen LogP contribution in [0.5, 0.6) is 0 Å². The lowest BCUT2D eigenvalue weighted by Gasteiger charge is -2.21. The predicted molar refractivity (Wildman–Crippen MR) is 73.7 cm³/mol. The molecule has 0 aliphatic rings. The van der Waals surface area contributed by atoms with Crippen molar-refractivity contribution >= 4 is 23.4 Å². The molecular weight excluding hydrogens is 236 g/mol. The van der Waals surface area contributed by atoms with Gasteiger partial charge in [-0.25, -0.2) is 4.98 Å². The van der Waals surface area contributed by atoms with E-state index in [1.54, 1.807) is 6.20 Å². The number of hydrogen-bond donors (Lipinski definition) is 2. The zero-order valence-corrected chi connectivity index (χ0v) is 11.7. The molecule has 0 aromatic carbocycles. The van der Waals surface area contributed by atoms with Crippen molar-refractivity contribution in [2.75, 3.05) is 17.2 Å². The quantitative estimate of drug-likeness (QED) is 0.819. The Bertz CT molecular complexity index is 356. The summed E-state index contributed by atoms with van der Waals surface area (Å²) >= 11 is 6.07. The molecule has 5 heteroatoms. The van der Waals surface area contributed by atoms with Crippen LogP contribution in [0.25, 0.3) is 0 Å². The van der Waals surface area contributed by atoms with Crippen molar-refractivity contribution in [1.82, 2.24) is 9.97 Å². The standard InChI is InChI=1S/C12H21ClN4/c1-5-8(3)9(4)16-11-10(13)7-15-12(17-11)14-6-2/h7-9H,5-6H2,1-4H3,(H2,14,15,16,17). The fourth-order valence-electron chi connectivity index (χ4n) is 1.42. The molecule has 0 fully saturated rings. The molecule has 0 saturated heterocycles. The van der Waals surface area contributed by atoms with E-state index >= 15 is 0 Å². The molecule has 0 aliphatic carbocycles. The Morgan fingerprint density at radius 3 is 2.65 bits per heavy atom. The van der Waals surface area contributed by atoms with Gasteiger partial charge in [-0.3, -0.25) is 0 Å². The highest BCUT2D eigenvalue weighted by Gasteiger charge is 2.13. The summed E-state index contributed by atoms with van der Waals surface area (Å²) in [6, 6.07) is 0.335. The maximum atomic E-state index is 6.07. The zero-order valence-electron chi connectivity index (χ0n) is 10.9. The molecular formula is C12H21ClN4. The Labute approximate surface area is 108 Å². The van der Waals surface area contributed by atoms with E-state index in [2.05, 4.69) is 41.4 Å². The number of nitrogens with zero attached hydrogens (tertiary/aromatic N) is 2. The fraction of sp³-hybridized carbons (Fsp3) is 0.667. The Morgan fingerprint density at radius 1 is 1.35 bits per heavy atom. The summed E-state index contributed by atoms with van der Waals surface area (Å²) in [5.41, 5.74) is 0. The number of nitrogens with one attached hydrogen (secondary N) is 2. The van der Waals surface area contributed by atoms with Gasteiger partial charge in [-0.2, -0.15) is 4.98 Å². The molecule has 0 aliphatic heterocycles. The minimum atomic E-state index is 0.335. The van der Waals surface area contributed by atoms with Gasteiger partial charge in [0.25, 0.3) is 0 Å². The lowest BCUT2D eigenvalue weighted by atomic mass is 10.0. The van der Waals surface area contributed by atoms with Crippen molar-refractivity contribution in [2.24, 2.45) is 5.92 Å². The number of hydrogen-bond acceptors (Lipinski definition) is 4. The van der Waals surface area contributed by atoms with Gasteiger partial charge in [-0.1, -0.05) is 31.9 Å². The summed E-state index contributed by atoms with van der Waals surface area (Å²) < 4.78 is 0. The molecule has 1 aromatic heterocycles. The van der Waals surface area contributed by atoms with E-state index < -0.39 is 0 Å². The van der Waals surface area contributed by atoms with Crippen molar-refractivity contribution in [3.8, 4) is 0 Å². The molecule has 2 N–H and O–H groups in total. The van der Waals surface area contributed by atoms with Crippen LogP contribution < -0.4 is 10.6 Å². The normalized spacial score (nSPS) is 14.2. The van der Waals surface area contributed by atoms with Gasteiger partial charge in [-0.05, 0) is 19.8 Å². The molecule has 96 valence electrons. The fourth-order valence-corrected chi connectivity index (χ4v) is 1.57. The highest BCUT2D eigenvalue weighted by atomic mass is 35.5. The summed E-state index contributed by atoms with van der Waals surface area (Å²) in [6.07, 6.45) is 2.75. The van der Waals surface area contributed by atoms with E-state index in [4.69, 9.17) is 11.6 Å². The first-order valence-electron chi connectivity index (χ1n) is 6.11. The van der Waals surface area contributed by atoms with E-state index in [1.807, 2.05) is 6.92 Å². The molecule has 1 rings (SSSR count). The lowest BCUT2D eigenvalue weighted by Crippen LogP contribution is -2.24. The second kappa shape index (κ2) is 6.64.